The van der Waals surface area contributed by atoms with Gasteiger partial charge in [0.25, 0.3) is 0 Å². The van der Waals surface area contributed by atoms with Gasteiger partial charge in [-0.1, -0.05) is 37.6 Å². The van der Waals surface area contributed by atoms with Gasteiger partial charge < -0.3 is 5.32 Å². The molecule has 7 heteroatoms. The summed E-state index contributed by atoms with van der Waals surface area (Å²) in [5, 5.41) is 3.40. The Kier molecular flexibility index (Phi) is 6.43. The second-order valence-corrected chi connectivity index (χ2v) is 9.80. The Balaban J connectivity index is 1.68. The van der Waals surface area contributed by atoms with Gasteiger partial charge >= 0.3 is 0 Å². The molecule has 0 aromatic heterocycles. The zero-order valence-electron chi connectivity index (χ0n) is 16.1. The molecule has 0 bridgehead atoms. The fraction of sp³-hybridized carbons (Fsp3) is 0.381. The lowest BCUT2D eigenvalue weighted by Crippen LogP contribution is -2.43. The molecule has 1 fully saturated rings. The van der Waals surface area contributed by atoms with E-state index in [0.717, 1.165) is 5.69 Å². The normalized spacial score (nSPS) is 18.2. The topological polar surface area (TPSA) is 66.5 Å². The van der Waals surface area contributed by atoms with E-state index in [1.807, 2.05) is 24.3 Å². The molecular formula is C21H25ClN2O3S. The number of hydrogen-bond donors (Lipinski definition) is 1. The van der Waals surface area contributed by atoms with Crippen LogP contribution < -0.4 is 5.32 Å². The van der Waals surface area contributed by atoms with Crippen molar-refractivity contribution in [3.8, 4) is 0 Å². The molecule has 1 atom stereocenters. The van der Waals surface area contributed by atoms with E-state index < -0.39 is 10.0 Å². The van der Waals surface area contributed by atoms with Crippen molar-refractivity contribution < 1.29 is 13.2 Å². The maximum Gasteiger partial charge on any atom is 0.243 e. The molecule has 1 aliphatic rings. The van der Waals surface area contributed by atoms with Crippen LogP contribution in [0, 0.1) is 5.92 Å². The van der Waals surface area contributed by atoms with Gasteiger partial charge in [0.15, 0.2) is 0 Å². The Morgan fingerprint density at radius 2 is 1.75 bits per heavy atom. The van der Waals surface area contributed by atoms with Crippen LogP contribution in [0.15, 0.2) is 53.4 Å². The van der Waals surface area contributed by atoms with Gasteiger partial charge in [-0.2, -0.15) is 4.31 Å². The number of nitrogens with zero attached hydrogens (tertiary/aromatic N) is 1. The van der Waals surface area contributed by atoms with Crippen molar-refractivity contribution in [3.63, 3.8) is 0 Å². The van der Waals surface area contributed by atoms with Gasteiger partial charge in [0, 0.05) is 23.8 Å². The van der Waals surface area contributed by atoms with E-state index >= 15 is 0 Å². The minimum atomic E-state index is -3.64. The van der Waals surface area contributed by atoms with Gasteiger partial charge in [0.2, 0.25) is 15.9 Å². The van der Waals surface area contributed by atoms with Crippen LogP contribution in [-0.4, -0.2) is 31.7 Å². The average molecular weight is 421 g/mol. The summed E-state index contributed by atoms with van der Waals surface area (Å²) in [6.45, 7) is 4.83. The molecule has 2 aromatic rings. The molecule has 5 nitrogen and oxygen atoms in total. The molecule has 1 N–H and O–H groups in total. The zero-order chi connectivity index (χ0) is 20.3. The van der Waals surface area contributed by atoms with Gasteiger partial charge in [0.05, 0.1) is 10.8 Å². The number of benzene rings is 2. The highest BCUT2D eigenvalue weighted by atomic mass is 35.5. The molecular weight excluding hydrogens is 396 g/mol. The van der Waals surface area contributed by atoms with Gasteiger partial charge in [-0.15, -0.1) is 0 Å². The zero-order valence-corrected chi connectivity index (χ0v) is 17.6. The first-order valence-corrected chi connectivity index (χ1v) is 11.3. The van der Waals surface area contributed by atoms with E-state index in [2.05, 4.69) is 19.2 Å². The second kappa shape index (κ2) is 8.64. The smallest absolute Gasteiger partial charge is 0.243 e. The molecule has 0 radical (unpaired) electrons. The second-order valence-electron chi connectivity index (χ2n) is 7.42. The molecule has 150 valence electrons. The summed E-state index contributed by atoms with van der Waals surface area (Å²) >= 11 is 5.85. The fourth-order valence-corrected chi connectivity index (χ4v) is 4.98. The number of carbonyl (C=O) groups excluding carboxylic acids is 1. The van der Waals surface area contributed by atoms with E-state index in [1.54, 1.807) is 12.1 Å². The maximum atomic E-state index is 12.9. The van der Waals surface area contributed by atoms with Crippen molar-refractivity contribution in [2.75, 3.05) is 18.4 Å². The third-order valence-corrected chi connectivity index (χ3v) is 7.18. The summed E-state index contributed by atoms with van der Waals surface area (Å²) in [6.07, 6.45) is 1.32. The van der Waals surface area contributed by atoms with E-state index in [9.17, 15) is 13.2 Å². The van der Waals surface area contributed by atoms with Crippen molar-refractivity contribution in [2.45, 2.75) is 37.5 Å². The molecule has 2 aromatic carbocycles. The van der Waals surface area contributed by atoms with Gasteiger partial charge in [0.1, 0.15) is 0 Å². The SMILES string of the molecule is CC(C)c1ccc(NC(=O)C2CCCN(S(=O)(=O)c3ccc(Cl)cc3)C2)cc1. The number of nitrogens with one attached hydrogen (secondary N) is 1. The van der Waals surface area contributed by atoms with Crippen LogP contribution in [0.1, 0.15) is 38.2 Å². The molecule has 3 rings (SSSR count). The third kappa shape index (κ3) is 4.74. The van der Waals surface area contributed by atoms with Crippen LogP contribution in [0.5, 0.6) is 0 Å². The molecule has 1 amide bonds. The van der Waals surface area contributed by atoms with Crippen LogP contribution in [-0.2, 0) is 14.8 Å². The Hall–Kier alpha value is -1.89. The number of carbonyl (C=O) groups is 1. The molecule has 0 saturated carbocycles. The monoisotopic (exact) mass is 420 g/mol. The minimum absolute atomic E-state index is 0.145. The highest BCUT2D eigenvalue weighted by molar-refractivity contribution is 7.89. The van der Waals surface area contributed by atoms with Crippen LogP contribution in [0.2, 0.25) is 5.02 Å². The molecule has 1 saturated heterocycles. The number of hydrogen-bond acceptors (Lipinski definition) is 3. The summed E-state index contributed by atoms with van der Waals surface area (Å²) in [5.41, 5.74) is 1.93. The number of halogens is 1. The molecule has 0 aliphatic carbocycles. The highest BCUT2D eigenvalue weighted by Gasteiger charge is 2.33. The highest BCUT2D eigenvalue weighted by Crippen LogP contribution is 2.26. The quantitative estimate of drug-likeness (QED) is 0.774. The van der Waals surface area contributed by atoms with Crippen molar-refractivity contribution >= 4 is 33.2 Å². The maximum absolute atomic E-state index is 12.9. The molecule has 1 heterocycles. The first-order chi connectivity index (χ1) is 13.3. The molecule has 1 unspecified atom stereocenters. The first-order valence-electron chi connectivity index (χ1n) is 9.44. The summed E-state index contributed by atoms with van der Waals surface area (Å²) in [5.74, 6) is -0.0939. The lowest BCUT2D eigenvalue weighted by Gasteiger charge is -2.31. The average Bonchev–Trinajstić information content (AvgIpc) is 2.69. The summed E-state index contributed by atoms with van der Waals surface area (Å²) < 4.78 is 27.1. The predicted octanol–water partition coefficient (Wildman–Crippen LogP) is 4.50. The molecule has 28 heavy (non-hydrogen) atoms. The number of rotatable bonds is 5. The van der Waals surface area contributed by atoms with Crippen LogP contribution >= 0.6 is 11.6 Å². The van der Waals surface area contributed by atoms with E-state index in [1.165, 1.54) is 22.0 Å². The minimum Gasteiger partial charge on any atom is -0.326 e. The van der Waals surface area contributed by atoms with Crippen molar-refractivity contribution in [3.05, 3.63) is 59.1 Å². The predicted molar refractivity (Wildman–Crippen MR) is 112 cm³/mol. The van der Waals surface area contributed by atoms with Crippen LogP contribution in [0.4, 0.5) is 5.69 Å². The lowest BCUT2D eigenvalue weighted by atomic mass is 9.98. The Morgan fingerprint density at radius 3 is 2.36 bits per heavy atom. The van der Waals surface area contributed by atoms with Gasteiger partial charge in [-0.25, -0.2) is 8.42 Å². The number of amides is 1. The third-order valence-electron chi connectivity index (χ3n) is 5.05. The Morgan fingerprint density at radius 1 is 1.11 bits per heavy atom. The van der Waals surface area contributed by atoms with Crippen molar-refractivity contribution in [2.24, 2.45) is 5.92 Å². The van der Waals surface area contributed by atoms with Gasteiger partial charge in [-0.05, 0) is 60.7 Å². The van der Waals surface area contributed by atoms with Crippen molar-refractivity contribution in [1.29, 1.82) is 0 Å². The first kappa shape index (κ1) is 20.8. The summed E-state index contributed by atoms with van der Waals surface area (Å²) in [7, 11) is -3.64. The summed E-state index contributed by atoms with van der Waals surface area (Å²) in [6, 6.07) is 13.9. The van der Waals surface area contributed by atoms with Crippen LogP contribution in [0.25, 0.3) is 0 Å². The summed E-state index contributed by atoms with van der Waals surface area (Å²) in [4.78, 5) is 12.9. The number of anilines is 1. The van der Waals surface area contributed by atoms with E-state index in [-0.39, 0.29) is 23.3 Å². The van der Waals surface area contributed by atoms with E-state index in [0.29, 0.717) is 30.3 Å². The number of sulfonamides is 1. The Labute approximate surface area is 171 Å². The lowest BCUT2D eigenvalue weighted by molar-refractivity contribution is -0.120. The van der Waals surface area contributed by atoms with Gasteiger partial charge in [-0.3, -0.25) is 4.79 Å². The Bertz CT molecular complexity index is 925. The molecule has 0 spiro atoms. The molecule has 1 aliphatic heterocycles. The fourth-order valence-electron chi connectivity index (χ4n) is 3.33. The van der Waals surface area contributed by atoms with Crippen molar-refractivity contribution in [1.82, 2.24) is 4.31 Å². The number of piperidine rings is 1. The van der Waals surface area contributed by atoms with E-state index in [4.69, 9.17) is 11.6 Å². The van der Waals surface area contributed by atoms with Crippen LogP contribution in [0.3, 0.4) is 0 Å². The standard InChI is InChI=1S/C21H25ClN2O3S/c1-15(2)16-5-9-19(10-6-16)23-21(25)17-4-3-13-24(14-17)28(26,27)20-11-7-18(22)8-12-20/h5-12,15,17H,3-4,13-14H2,1-2H3,(H,23,25). The largest absolute Gasteiger partial charge is 0.326 e.